The number of nitrogens with one attached hydrogen (secondary N) is 2. The number of thiocarbonyl (C=S) groups is 1. The number of hydrogen-bond acceptors (Lipinski definition) is 6. The summed E-state index contributed by atoms with van der Waals surface area (Å²) in [4.78, 5) is 13.0. The van der Waals surface area contributed by atoms with Crippen LogP contribution in [0.15, 0.2) is 42.5 Å². The van der Waals surface area contributed by atoms with Crippen LogP contribution in [0.25, 0.3) is 10.9 Å². The zero-order chi connectivity index (χ0) is 30.4. The average molecular weight is 608 g/mol. The Balaban J connectivity index is 0.000000507. The summed E-state index contributed by atoms with van der Waals surface area (Å²) in [6.07, 6.45) is 10.2. The van der Waals surface area contributed by atoms with E-state index in [0.717, 1.165) is 29.4 Å². The molecular formula is C28H28F3N3O5S2. The van der Waals surface area contributed by atoms with Crippen molar-refractivity contribution in [2.45, 2.75) is 51.6 Å². The summed E-state index contributed by atoms with van der Waals surface area (Å²) in [7, 11) is -6.09. The van der Waals surface area contributed by atoms with Crippen molar-refractivity contribution in [1.82, 2.24) is 0 Å². The number of carbonyl (C=O) groups is 1. The molecular weight excluding hydrogens is 579 g/mol. The second kappa shape index (κ2) is 13.3. The number of terminal acetylenes is 1. The van der Waals surface area contributed by atoms with Crippen LogP contribution >= 0.6 is 12.2 Å². The second-order valence-corrected chi connectivity index (χ2v) is 10.8. The predicted molar refractivity (Wildman–Crippen MR) is 152 cm³/mol. The molecule has 13 heteroatoms. The quantitative estimate of drug-likeness (QED) is 0.138. The summed E-state index contributed by atoms with van der Waals surface area (Å²) in [5.74, 6) is 2.62. The fraction of sp³-hybridized carbons (Fsp3) is 0.321. The van der Waals surface area contributed by atoms with E-state index in [-0.39, 0.29) is 11.1 Å². The fourth-order valence-electron chi connectivity index (χ4n) is 4.55. The molecule has 0 bridgehead atoms. The van der Waals surface area contributed by atoms with Gasteiger partial charge in [0.25, 0.3) is 11.1 Å². The Morgan fingerprint density at radius 1 is 1.15 bits per heavy atom. The van der Waals surface area contributed by atoms with Gasteiger partial charge in [-0.25, -0.2) is 8.42 Å². The molecule has 0 spiro atoms. The minimum Gasteiger partial charge on any atom is -0.741 e. The van der Waals surface area contributed by atoms with Crippen molar-refractivity contribution < 1.29 is 40.2 Å². The number of aromatic nitrogens is 1. The fourth-order valence-corrected chi connectivity index (χ4v) is 4.78. The van der Waals surface area contributed by atoms with E-state index in [1.54, 1.807) is 12.1 Å². The first kappa shape index (κ1) is 31.8. The number of rotatable bonds is 5. The summed E-state index contributed by atoms with van der Waals surface area (Å²) in [6.45, 7) is 5.08. The van der Waals surface area contributed by atoms with E-state index in [1.165, 1.54) is 29.7 Å². The summed E-state index contributed by atoms with van der Waals surface area (Å²) in [5, 5.41) is 7.43. The molecule has 1 aromatic heterocycles. The van der Waals surface area contributed by atoms with Gasteiger partial charge in [-0.15, -0.1) is 6.42 Å². The number of hydrogen-bond donors (Lipinski definition) is 2. The van der Waals surface area contributed by atoms with E-state index in [9.17, 15) is 18.0 Å². The van der Waals surface area contributed by atoms with E-state index < -0.39 is 15.6 Å². The highest BCUT2D eigenvalue weighted by molar-refractivity contribution is 7.86. The summed E-state index contributed by atoms with van der Waals surface area (Å²) in [5.41, 5.74) is 1.49. The standard InChI is InChI=1S/C27H27N3O2S.CHF3O3S/c1-4-15-30-24-12-7-6-11-22(24)18(3)23-17-21(13-14-25(23)30)28-26(31)19-9-8-10-20(16-19)29-27(33)32-5-2;2-1(3,4)8(5,6)7/h1,8-10,13-14,16-17H,5-7,11-12,15H2,2-3H3,(H-,28,29,31,33);(H,5,6,7). The highest BCUT2D eigenvalue weighted by atomic mass is 32.2. The number of fused-ring (bicyclic) bond motifs is 2. The molecule has 2 N–H and O–H groups in total. The van der Waals surface area contributed by atoms with Crippen LogP contribution in [0.4, 0.5) is 24.5 Å². The summed E-state index contributed by atoms with van der Waals surface area (Å²) < 4.78 is 66.4. The van der Waals surface area contributed by atoms with Crippen LogP contribution in [0.2, 0.25) is 0 Å². The number of ether oxygens (including phenoxy) is 1. The number of carbonyl (C=O) groups excluding carboxylic acids is 1. The van der Waals surface area contributed by atoms with Crippen LogP contribution in [-0.2, 0) is 34.2 Å². The van der Waals surface area contributed by atoms with Gasteiger partial charge in [0.05, 0.1) is 12.0 Å². The Morgan fingerprint density at radius 2 is 1.80 bits per heavy atom. The molecule has 8 nitrogen and oxygen atoms in total. The highest BCUT2D eigenvalue weighted by Gasteiger charge is 2.37. The molecule has 0 radical (unpaired) electrons. The van der Waals surface area contributed by atoms with E-state index in [4.69, 9.17) is 36.3 Å². The first-order valence-corrected chi connectivity index (χ1v) is 14.4. The van der Waals surface area contributed by atoms with Crippen molar-refractivity contribution in [1.29, 1.82) is 0 Å². The smallest absolute Gasteiger partial charge is 0.485 e. The van der Waals surface area contributed by atoms with E-state index in [2.05, 4.69) is 40.2 Å². The molecule has 3 aromatic rings. The van der Waals surface area contributed by atoms with Crippen molar-refractivity contribution in [3.63, 3.8) is 0 Å². The largest absolute Gasteiger partial charge is 0.741 e. The van der Waals surface area contributed by atoms with E-state index >= 15 is 0 Å². The maximum atomic E-state index is 13.0. The van der Waals surface area contributed by atoms with Gasteiger partial charge in [0, 0.05) is 35.0 Å². The topological polar surface area (TPSA) is 111 Å². The minimum absolute atomic E-state index is 0.188. The monoisotopic (exact) mass is 607 g/mol. The second-order valence-electron chi connectivity index (χ2n) is 9.06. The number of amides is 1. The Morgan fingerprint density at radius 3 is 2.44 bits per heavy atom. The van der Waals surface area contributed by atoms with Gasteiger partial charge < -0.3 is 19.9 Å². The van der Waals surface area contributed by atoms with Crippen molar-refractivity contribution in [3.05, 3.63) is 64.8 Å². The summed E-state index contributed by atoms with van der Waals surface area (Å²) in [6, 6.07) is 13.2. The summed E-state index contributed by atoms with van der Waals surface area (Å²) >= 11 is 5.13. The lowest BCUT2D eigenvalue weighted by atomic mass is 9.89. The van der Waals surface area contributed by atoms with Crippen LogP contribution in [-0.4, -0.2) is 36.2 Å². The molecule has 1 heterocycles. The number of aryl methyl sites for hydroxylation is 1. The maximum Gasteiger partial charge on any atom is 0.485 e. The molecule has 1 amide bonds. The van der Waals surface area contributed by atoms with Gasteiger partial charge >= 0.3 is 5.51 Å². The van der Waals surface area contributed by atoms with E-state index in [1.807, 2.05) is 25.1 Å². The molecule has 0 atom stereocenters. The highest BCUT2D eigenvalue weighted by Crippen LogP contribution is 2.29. The third-order valence-electron chi connectivity index (χ3n) is 6.35. The van der Waals surface area contributed by atoms with Gasteiger partial charge in [-0.3, -0.25) is 4.79 Å². The molecule has 0 saturated heterocycles. The SMILES string of the molecule is C#CC[n+]1c2c(c(C)c3cc(NC(=O)c4cccc(NC(=S)OCC)c4)ccc31)CCCC2.O=S(=O)([O-])C(F)(F)F. The molecule has 0 aliphatic heterocycles. The predicted octanol–water partition coefficient (Wildman–Crippen LogP) is 4.98. The molecule has 218 valence electrons. The maximum absolute atomic E-state index is 13.0. The number of benzene rings is 2. The van der Waals surface area contributed by atoms with Crippen LogP contribution < -0.4 is 15.2 Å². The number of nitrogens with zero attached hydrogens (tertiary/aromatic N) is 1. The van der Waals surface area contributed by atoms with Gasteiger partial charge in [0.15, 0.2) is 15.8 Å². The third-order valence-corrected chi connectivity index (χ3v) is 7.13. The molecule has 1 aliphatic carbocycles. The first-order chi connectivity index (χ1) is 19.3. The van der Waals surface area contributed by atoms with Gasteiger partial charge in [-0.2, -0.15) is 17.7 Å². The van der Waals surface area contributed by atoms with E-state index in [0.29, 0.717) is 24.4 Å². The lowest BCUT2D eigenvalue weighted by Gasteiger charge is -2.19. The lowest BCUT2D eigenvalue weighted by Crippen LogP contribution is -2.41. The van der Waals surface area contributed by atoms with Gasteiger partial charge in [-0.05, 0) is 87.1 Å². The van der Waals surface area contributed by atoms with Gasteiger partial charge in [0.2, 0.25) is 12.1 Å². The van der Waals surface area contributed by atoms with Crippen molar-refractivity contribution in [2.24, 2.45) is 0 Å². The molecule has 0 saturated carbocycles. The van der Waals surface area contributed by atoms with Gasteiger partial charge in [0.1, 0.15) is 0 Å². The van der Waals surface area contributed by atoms with Crippen molar-refractivity contribution in [2.75, 3.05) is 17.2 Å². The lowest BCUT2D eigenvalue weighted by molar-refractivity contribution is -0.667. The molecule has 41 heavy (non-hydrogen) atoms. The van der Waals surface area contributed by atoms with Gasteiger partial charge in [-0.1, -0.05) is 6.07 Å². The Kier molecular flexibility index (Phi) is 10.3. The molecule has 4 rings (SSSR count). The van der Waals surface area contributed by atoms with Crippen LogP contribution in [0.1, 0.15) is 46.9 Å². The van der Waals surface area contributed by atoms with Crippen LogP contribution in [0.3, 0.4) is 0 Å². The van der Waals surface area contributed by atoms with Crippen LogP contribution in [0, 0.1) is 19.3 Å². The third kappa shape index (κ3) is 7.93. The first-order valence-electron chi connectivity index (χ1n) is 12.6. The molecule has 0 unspecified atom stereocenters. The molecule has 2 aromatic carbocycles. The zero-order valence-electron chi connectivity index (χ0n) is 22.3. The number of anilines is 2. The number of halogens is 3. The minimum atomic E-state index is -6.09. The average Bonchev–Trinajstić information content (AvgIpc) is 2.90. The number of pyridine rings is 1. The molecule has 1 aliphatic rings. The Bertz CT molecular complexity index is 1620. The van der Waals surface area contributed by atoms with Crippen molar-refractivity contribution in [3.8, 4) is 12.3 Å². The van der Waals surface area contributed by atoms with Crippen molar-refractivity contribution >= 4 is 55.7 Å². The zero-order valence-corrected chi connectivity index (χ0v) is 23.9. The van der Waals surface area contributed by atoms with Crippen LogP contribution in [0.5, 0.6) is 0 Å². The Hall–Kier alpha value is -3.73. The Labute approximate surface area is 241 Å². The molecule has 0 fully saturated rings. The normalized spacial score (nSPS) is 12.8. The number of alkyl halides is 3.